The van der Waals surface area contributed by atoms with Gasteiger partial charge in [-0.3, -0.25) is 4.79 Å². The number of amides is 1. The molecule has 114 valence electrons. The van der Waals surface area contributed by atoms with Crippen LogP contribution in [0.1, 0.15) is 6.92 Å². The monoisotopic (exact) mass is 315 g/mol. The lowest BCUT2D eigenvalue weighted by Crippen LogP contribution is -2.40. The van der Waals surface area contributed by atoms with Gasteiger partial charge in [0.25, 0.3) is 5.91 Å². The second-order valence-electron chi connectivity index (χ2n) is 4.78. The number of fused-ring (bicyclic) bond motifs is 1. The molecule has 2 aromatic carbocycles. The summed E-state index contributed by atoms with van der Waals surface area (Å²) in [5.41, 5.74) is 0.807. The standard InChI is InChI=1S/C17H17NO3S/c1-2-22-16-10-6-3-7-12(16)18-17(19)15-11-20-13-8-4-5-9-14(13)21-15/h3-10,15H,2,11H2,1H3,(H,18,19). The molecule has 2 aromatic rings. The molecule has 0 fully saturated rings. The largest absolute Gasteiger partial charge is 0.485 e. The minimum absolute atomic E-state index is 0.196. The zero-order valence-electron chi connectivity index (χ0n) is 12.2. The van der Waals surface area contributed by atoms with Crippen LogP contribution in [0.15, 0.2) is 53.4 Å². The second-order valence-corrected chi connectivity index (χ2v) is 6.09. The van der Waals surface area contributed by atoms with E-state index in [-0.39, 0.29) is 12.5 Å². The molecule has 0 aliphatic carbocycles. The van der Waals surface area contributed by atoms with Gasteiger partial charge in [0.2, 0.25) is 6.10 Å². The van der Waals surface area contributed by atoms with Crippen LogP contribution in [0.25, 0.3) is 0 Å². The smallest absolute Gasteiger partial charge is 0.269 e. The number of hydrogen-bond acceptors (Lipinski definition) is 4. The van der Waals surface area contributed by atoms with Gasteiger partial charge in [-0.1, -0.05) is 31.2 Å². The van der Waals surface area contributed by atoms with Crippen LogP contribution < -0.4 is 14.8 Å². The maximum Gasteiger partial charge on any atom is 0.269 e. The quantitative estimate of drug-likeness (QED) is 0.876. The van der Waals surface area contributed by atoms with Crippen molar-refractivity contribution in [2.75, 3.05) is 17.7 Å². The number of nitrogens with one attached hydrogen (secondary N) is 1. The number of hydrogen-bond donors (Lipinski definition) is 1. The Morgan fingerprint density at radius 2 is 1.91 bits per heavy atom. The first-order chi connectivity index (χ1) is 10.8. The highest BCUT2D eigenvalue weighted by molar-refractivity contribution is 7.99. The van der Waals surface area contributed by atoms with Gasteiger partial charge in [0.15, 0.2) is 11.5 Å². The summed E-state index contributed by atoms with van der Waals surface area (Å²) in [6.45, 7) is 2.30. The number of carbonyl (C=O) groups is 1. The molecule has 0 bridgehead atoms. The van der Waals surface area contributed by atoms with Crippen LogP contribution in [-0.2, 0) is 4.79 Å². The predicted octanol–water partition coefficient (Wildman–Crippen LogP) is 3.58. The second kappa shape index (κ2) is 6.75. The van der Waals surface area contributed by atoms with Gasteiger partial charge >= 0.3 is 0 Å². The summed E-state index contributed by atoms with van der Waals surface area (Å²) in [7, 11) is 0. The van der Waals surface area contributed by atoms with E-state index in [0.717, 1.165) is 16.3 Å². The predicted molar refractivity (Wildman–Crippen MR) is 87.8 cm³/mol. The summed E-state index contributed by atoms with van der Waals surface area (Å²) in [5.74, 6) is 2.03. The SMILES string of the molecule is CCSc1ccccc1NC(=O)C1COc2ccccc2O1. The number of ether oxygens (including phenoxy) is 2. The third kappa shape index (κ3) is 3.20. The van der Waals surface area contributed by atoms with E-state index in [1.54, 1.807) is 17.8 Å². The Kier molecular flexibility index (Phi) is 4.53. The molecule has 0 radical (unpaired) electrons. The van der Waals surface area contributed by atoms with Crippen LogP contribution in [-0.4, -0.2) is 24.4 Å². The molecule has 22 heavy (non-hydrogen) atoms. The van der Waals surface area contributed by atoms with Gasteiger partial charge in [-0.25, -0.2) is 0 Å². The van der Waals surface area contributed by atoms with Crippen LogP contribution in [0.4, 0.5) is 5.69 Å². The lowest BCUT2D eigenvalue weighted by molar-refractivity contribution is -0.125. The first-order valence-electron chi connectivity index (χ1n) is 7.19. The summed E-state index contributed by atoms with van der Waals surface area (Å²) in [4.78, 5) is 13.5. The molecule has 1 aliphatic rings. The first-order valence-corrected chi connectivity index (χ1v) is 8.17. The third-order valence-electron chi connectivity index (χ3n) is 3.25. The lowest BCUT2D eigenvalue weighted by atomic mass is 10.2. The van der Waals surface area contributed by atoms with Gasteiger partial charge in [0, 0.05) is 4.90 Å². The summed E-state index contributed by atoms with van der Waals surface area (Å²) >= 11 is 1.69. The molecule has 1 unspecified atom stereocenters. The van der Waals surface area contributed by atoms with Crippen molar-refractivity contribution >= 4 is 23.4 Å². The molecule has 3 rings (SSSR count). The van der Waals surface area contributed by atoms with E-state index >= 15 is 0 Å². The minimum Gasteiger partial charge on any atom is -0.485 e. The molecular formula is C17H17NO3S. The summed E-state index contributed by atoms with van der Waals surface area (Å²) in [6.07, 6.45) is -0.644. The molecule has 1 amide bonds. The van der Waals surface area contributed by atoms with Gasteiger partial charge in [-0.2, -0.15) is 0 Å². The molecule has 4 nitrogen and oxygen atoms in total. The molecule has 1 aliphatic heterocycles. The number of para-hydroxylation sites is 3. The Hall–Kier alpha value is -2.14. The average molecular weight is 315 g/mol. The Balaban J connectivity index is 1.71. The number of benzene rings is 2. The van der Waals surface area contributed by atoms with Crippen molar-refractivity contribution in [1.29, 1.82) is 0 Å². The molecule has 1 heterocycles. The number of thioether (sulfide) groups is 1. The number of carbonyl (C=O) groups excluding carboxylic acids is 1. The minimum atomic E-state index is -0.644. The number of rotatable bonds is 4. The normalized spacial score (nSPS) is 16.1. The highest BCUT2D eigenvalue weighted by atomic mass is 32.2. The molecule has 0 saturated heterocycles. The fourth-order valence-electron chi connectivity index (χ4n) is 2.21. The van der Waals surface area contributed by atoms with Crippen molar-refractivity contribution in [3.8, 4) is 11.5 Å². The van der Waals surface area contributed by atoms with Crippen molar-refractivity contribution in [2.45, 2.75) is 17.9 Å². The van der Waals surface area contributed by atoms with Gasteiger partial charge in [0.1, 0.15) is 6.61 Å². The fraction of sp³-hybridized carbons (Fsp3) is 0.235. The third-order valence-corrected chi connectivity index (χ3v) is 4.20. The highest BCUT2D eigenvalue weighted by Crippen LogP contribution is 2.32. The Morgan fingerprint density at radius 3 is 2.73 bits per heavy atom. The van der Waals surface area contributed by atoms with Gasteiger partial charge in [-0.15, -0.1) is 11.8 Å². The van der Waals surface area contributed by atoms with E-state index in [9.17, 15) is 4.79 Å². The van der Waals surface area contributed by atoms with Crippen LogP contribution in [0.2, 0.25) is 0 Å². The lowest BCUT2D eigenvalue weighted by Gasteiger charge is -2.25. The highest BCUT2D eigenvalue weighted by Gasteiger charge is 2.27. The zero-order valence-corrected chi connectivity index (χ0v) is 13.1. The molecule has 0 spiro atoms. The van der Waals surface area contributed by atoms with E-state index in [0.29, 0.717) is 11.5 Å². The maximum absolute atomic E-state index is 12.4. The maximum atomic E-state index is 12.4. The Labute approximate surface area is 133 Å². The van der Waals surface area contributed by atoms with Crippen molar-refractivity contribution in [3.63, 3.8) is 0 Å². The van der Waals surface area contributed by atoms with Crippen LogP contribution in [0.3, 0.4) is 0 Å². The van der Waals surface area contributed by atoms with E-state index < -0.39 is 6.10 Å². The van der Waals surface area contributed by atoms with E-state index in [4.69, 9.17) is 9.47 Å². The van der Waals surface area contributed by atoms with Crippen molar-refractivity contribution in [2.24, 2.45) is 0 Å². The summed E-state index contributed by atoms with van der Waals surface area (Å²) < 4.78 is 11.3. The topological polar surface area (TPSA) is 47.6 Å². The van der Waals surface area contributed by atoms with Gasteiger partial charge < -0.3 is 14.8 Å². The van der Waals surface area contributed by atoms with Crippen LogP contribution in [0, 0.1) is 0 Å². The van der Waals surface area contributed by atoms with Crippen molar-refractivity contribution in [1.82, 2.24) is 0 Å². The average Bonchev–Trinajstić information content (AvgIpc) is 2.56. The van der Waals surface area contributed by atoms with Crippen LogP contribution in [0.5, 0.6) is 11.5 Å². The molecule has 1 N–H and O–H groups in total. The molecule has 5 heteroatoms. The van der Waals surface area contributed by atoms with Crippen LogP contribution >= 0.6 is 11.8 Å². The number of anilines is 1. The van der Waals surface area contributed by atoms with E-state index in [1.807, 2.05) is 42.5 Å². The fourth-order valence-corrected chi connectivity index (χ4v) is 2.97. The summed E-state index contributed by atoms with van der Waals surface area (Å²) in [5, 5.41) is 2.93. The Morgan fingerprint density at radius 1 is 1.18 bits per heavy atom. The molecule has 0 aromatic heterocycles. The molecule has 1 atom stereocenters. The molecular weight excluding hydrogens is 298 g/mol. The Bertz CT molecular complexity index is 674. The van der Waals surface area contributed by atoms with Crippen molar-refractivity contribution in [3.05, 3.63) is 48.5 Å². The van der Waals surface area contributed by atoms with Crippen molar-refractivity contribution < 1.29 is 14.3 Å². The zero-order chi connectivity index (χ0) is 15.4. The summed E-state index contributed by atoms with van der Waals surface area (Å²) in [6, 6.07) is 15.1. The van der Waals surface area contributed by atoms with Gasteiger partial charge in [0.05, 0.1) is 5.69 Å². The van der Waals surface area contributed by atoms with E-state index in [2.05, 4.69) is 12.2 Å². The molecule has 0 saturated carbocycles. The first kappa shape index (κ1) is 14.8. The van der Waals surface area contributed by atoms with Gasteiger partial charge in [-0.05, 0) is 30.0 Å². The van der Waals surface area contributed by atoms with E-state index in [1.165, 1.54) is 0 Å².